The molecular weight excluding hydrogens is 294 g/mol. The Labute approximate surface area is 118 Å². The Bertz CT molecular complexity index is 358. The summed E-state index contributed by atoms with van der Waals surface area (Å²) in [6.07, 6.45) is 1.94. The third-order valence-corrected chi connectivity index (χ3v) is 3.37. The van der Waals surface area contributed by atoms with Gasteiger partial charge >= 0.3 is 0 Å². The van der Waals surface area contributed by atoms with Crippen molar-refractivity contribution in [1.29, 1.82) is 0 Å². The van der Waals surface area contributed by atoms with Crippen molar-refractivity contribution in [3.05, 3.63) is 28.2 Å². The molecule has 0 saturated carbocycles. The van der Waals surface area contributed by atoms with Crippen LogP contribution in [0.3, 0.4) is 0 Å². The minimum Gasteiger partial charge on any atom is -0.496 e. The van der Waals surface area contributed by atoms with Crippen LogP contribution in [0.4, 0.5) is 0 Å². The van der Waals surface area contributed by atoms with E-state index in [9.17, 15) is 0 Å². The molecule has 4 heteroatoms. The molecule has 0 bridgehead atoms. The van der Waals surface area contributed by atoms with E-state index in [0.717, 1.165) is 36.2 Å². The Morgan fingerprint density at radius 1 is 1.33 bits per heavy atom. The lowest BCUT2D eigenvalue weighted by atomic mass is 10.0. The van der Waals surface area contributed by atoms with Crippen LogP contribution in [0.1, 0.15) is 18.9 Å². The van der Waals surface area contributed by atoms with Gasteiger partial charge in [-0.05, 0) is 43.1 Å². The maximum Gasteiger partial charge on any atom is 0.122 e. The van der Waals surface area contributed by atoms with E-state index >= 15 is 0 Å². The van der Waals surface area contributed by atoms with Crippen LogP contribution in [-0.4, -0.2) is 33.4 Å². The van der Waals surface area contributed by atoms with E-state index in [-0.39, 0.29) is 0 Å². The van der Waals surface area contributed by atoms with Crippen molar-refractivity contribution in [2.75, 3.05) is 27.4 Å². The predicted octanol–water partition coefficient (Wildman–Crippen LogP) is 3.01. The molecule has 0 amide bonds. The summed E-state index contributed by atoms with van der Waals surface area (Å²) in [4.78, 5) is 0. The predicted molar refractivity (Wildman–Crippen MR) is 78.4 cm³/mol. The number of methoxy groups -OCH3 is 2. The number of rotatable bonds is 8. The quantitative estimate of drug-likeness (QED) is 0.800. The molecule has 0 fully saturated rings. The monoisotopic (exact) mass is 315 g/mol. The third kappa shape index (κ3) is 4.96. The zero-order chi connectivity index (χ0) is 13.4. The zero-order valence-electron chi connectivity index (χ0n) is 11.3. The molecule has 3 nitrogen and oxygen atoms in total. The Balaban J connectivity index is 2.74. The molecule has 1 N–H and O–H groups in total. The van der Waals surface area contributed by atoms with Gasteiger partial charge in [0.05, 0.1) is 7.11 Å². The highest BCUT2D eigenvalue weighted by Gasteiger charge is 2.12. The van der Waals surface area contributed by atoms with Gasteiger partial charge in [-0.15, -0.1) is 0 Å². The van der Waals surface area contributed by atoms with E-state index in [1.807, 2.05) is 12.1 Å². The third-order valence-electron chi connectivity index (χ3n) is 2.87. The number of halogens is 1. The average molecular weight is 316 g/mol. The molecule has 1 aromatic rings. The lowest BCUT2D eigenvalue weighted by Crippen LogP contribution is -2.32. The molecule has 0 heterocycles. The van der Waals surface area contributed by atoms with Gasteiger partial charge in [-0.3, -0.25) is 0 Å². The Morgan fingerprint density at radius 3 is 2.72 bits per heavy atom. The summed E-state index contributed by atoms with van der Waals surface area (Å²) in [6, 6.07) is 6.53. The smallest absolute Gasteiger partial charge is 0.122 e. The standard InChI is InChI=1S/C14H22BrNO2/c1-4-16-13(7-8-17-2)10-11-9-12(15)5-6-14(11)18-3/h5-6,9,13,16H,4,7-8,10H2,1-3H3. The second kappa shape index (κ2) is 8.51. The molecule has 1 atom stereocenters. The number of nitrogens with one attached hydrogen (secondary N) is 1. The van der Waals surface area contributed by atoms with E-state index in [0.29, 0.717) is 6.04 Å². The largest absolute Gasteiger partial charge is 0.496 e. The maximum absolute atomic E-state index is 5.40. The summed E-state index contributed by atoms with van der Waals surface area (Å²) in [5, 5.41) is 3.49. The van der Waals surface area contributed by atoms with Crippen molar-refractivity contribution < 1.29 is 9.47 Å². The molecule has 0 aliphatic carbocycles. The van der Waals surface area contributed by atoms with Crippen molar-refractivity contribution in [1.82, 2.24) is 5.32 Å². The Morgan fingerprint density at radius 2 is 2.11 bits per heavy atom. The van der Waals surface area contributed by atoms with Crippen LogP contribution >= 0.6 is 15.9 Å². The molecule has 1 rings (SSSR count). The number of hydrogen-bond donors (Lipinski definition) is 1. The Kier molecular flexibility index (Phi) is 7.32. The van der Waals surface area contributed by atoms with Crippen LogP contribution in [0, 0.1) is 0 Å². The number of likely N-dealkylation sites (N-methyl/N-ethyl adjacent to an activating group) is 1. The van der Waals surface area contributed by atoms with Crippen molar-refractivity contribution in [2.45, 2.75) is 25.8 Å². The first kappa shape index (κ1) is 15.5. The van der Waals surface area contributed by atoms with Crippen LogP contribution in [0.25, 0.3) is 0 Å². The van der Waals surface area contributed by atoms with Gasteiger partial charge in [0.1, 0.15) is 5.75 Å². The maximum atomic E-state index is 5.40. The van der Waals surface area contributed by atoms with Gasteiger partial charge in [0.2, 0.25) is 0 Å². The highest BCUT2D eigenvalue weighted by molar-refractivity contribution is 9.10. The first-order valence-electron chi connectivity index (χ1n) is 6.26. The first-order valence-corrected chi connectivity index (χ1v) is 7.05. The fourth-order valence-electron chi connectivity index (χ4n) is 2.00. The zero-order valence-corrected chi connectivity index (χ0v) is 12.9. The molecule has 18 heavy (non-hydrogen) atoms. The normalized spacial score (nSPS) is 12.4. The van der Waals surface area contributed by atoms with Crippen molar-refractivity contribution >= 4 is 15.9 Å². The molecule has 0 aliphatic heterocycles. The lowest BCUT2D eigenvalue weighted by molar-refractivity contribution is 0.182. The van der Waals surface area contributed by atoms with Gasteiger partial charge in [0.15, 0.2) is 0 Å². The number of ether oxygens (including phenoxy) is 2. The molecule has 0 radical (unpaired) electrons. The second-order valence-corrected chi connectivity index (χ2v) is 5.11. The van der Waals surface area contributed by atoms with Gasteiger partial charge in [-0.2, -0.15) is 0 Å². The number of hydrogen-bond acceptors (Lipinski definition) is 3. The van der Waals surface area contributed by atoms with E-state index in [1.54, 1.807) is 14.2 Å². The van der Waals surface area contributed by atoms with E-state index in [4.69, 9.17) is 9.47 Å². The van der Waals surface area contributed by atoms with Gasteiger partial charge in [0.25, 0.3) is 0 Å². The van der Waals surface area contributed by atoms with Crippen molar-refractivity contribution in [2.24, 2.45) is 0 Å². The van der Waals surface area contributed by atoms with Gasteiger partial charge in [-0.25, -0.2) is 0 Å². The van der Waals surface area contributed by atoms with Crippen LogP contribution in [-0.2, 0) is 11.2 Å². The average Bonchev–Trinajstić information content (AvgIpc) is 2.36. The number of benzene rings is 1. The summed E-state index contributed by atoms with van der Waals surface area (Å²) in [5.74, 6) is 0.943. The SMILES string of the molecule is CCNC(CCOC)Cc1cc(Br)ccc1OC. The summed E-state index contributed by atoms with van der Waals surface area (Å²) in [6.45, 7) is 3.86. The molecule has 102 valence electrons. The summed E-state index contributed by atoms with van der Waals surface area (Å²) in [7, 11) is 3.45. The van der Waals surface area contributed by atoms with Gasteiger partial charge < -0.3 is 14.8 Å². The minimum absolute atomic E-state index is 0.415. The molecular formula is C14H22BrNO2. The minimum atomic E-state index is 0.415. The molecule has 0 aromatic heterocycles. The first-order chi connectivity index (χ1) is 8.71. The summed E-state index contributed by atoms with van der Waals surface area (Å²) >= 11 is 3.51. The molecule has 1 unspecified atom stereocenters. The van der Waals surface area contributed by atoms with Gasteiger partial charge in [-0.1, -0.05) is 22.9 Å². The lowest BCUT2D eigenvalue weighted by Gasteiger charge is -2.19. The van der Waals surface area contributed by atoms with Crippen molar-refractivity contribution in [3.63, 3.8) is 0 Å². The summed E-state index contributed by atoms with van der Waals surface area (Å²) in [5.41, 5.74) is 1.22. The van der Waals surface area contributed by atoms with E-state index in [2.05, 4.69) is 34.2 Å². The second-order valence-electron chi connectivity index (χ2n) is 4.20. The molecule has 0 spiro atoms. The molecule has 1 aromatic carbocycles. The van der Waals surface area contributed by atoms with E-state index in [1.165, 1.54) is 5.56 Å². The fourth-order valence-corrected chi connectivity index (χ4v) is 2.41. The van der Waals surface area contributed by atoms with Gasteiger partial charge in [0, 0.05) is 24.2 Å². The highest BCUT2D eigenvalue weighted by Crippen LogP contribution is 2.24. The highest BCUT2D eigenvalue weighted by atomic mass is 79.9. The van der Waals surface area contributed by atoms with Crippen LogP contribution < -0.4 is 10.1 Å². The fraction of sp³-hybridized carbons (Fsp3) is 0.571. The summed E-state index contributed by atoms with van der Waals surface area (Å²) < 4.78 is 11.6. The molecule has 0 aliphatic rings. The van der Waals surface area contributed by atoms with Crippen LogP contribution in [0.2, 0.25) is 0 Å². The van der Waals surface area contributed by atoms with Crippen LogP contribution in [0.15, 0.2) is 22.7 Å². The van der Waals surface area contributed by atoms with Crippen molar-refractivity contribution in [3.8, 4) is 5.75 Å². The topological polar surface area (TPSA) is 30.5 Å². The molecule has 0 saturated heterocycles. The van der Waals surface area contributed by atoms with Crippen LogP contribution in [0.5, 0.6) is 5.75 Å². The Hall–Kier alpha value is -0.580. The van der Waals surface area contributed by atoms with E-state index < -0.39 is 0 Å².